The second-order valence-corrected chi connectivity index (χ2v) is 3.50. The van der Waals surface area contributed by atoms with Gasteiger partial charge in [0.25, 0.3) is 5.91 Å². The fourth-order valence-corrected chi connectivity index (χ4v) is 1.36. The predicted octanol–water partition coefficient (Wildman–Crippen LogP) is 1.07. The number of nitrogens with one attached hydrogen (secondary N) is 1. The minimum atomic E-state index is -0.203. The van der Waals surface area contributed by atoms with Gasteiger partial charge in [0.2, 0.25) is 0 Å². The Bertz CT molecular complexity index is 348. The third kappa shape index (κ3) is 1.84. The number of aromatic nitrogens is 1. The van der Waals surface area contributed by atoms with Crippen molar-refractivity contribution in [2.45, 2.75) is 25.3 Å². The molecule has 0 saturated heterocycles. The largest absolute Gasteiger partial charge is 0.508 e. The molecule has 1 aromatic rings. The van der Waals surface area contributed by atoms with E-state index in [0.717, 1.165) is 12.8 Å². The monoisotopic (exact) mass is 192 g/mol. The van der Waals surface area contributed by atoms with E-state index in [4.69, 9.17) is 5.11 Å². The first-order chi connectivity index (χ1) is 6.75. The fraction of sp³-hybridized carbons (Fsp3) is 0.400. The summed E-state index contributed by atoms with van der Waals surface area (Å²) in [5, 5.41) is 12.0. The van der Waals surface area contributed by atoms with Gasteiger partial charge in [-0.25, -0.2) is 0 Å². The zero-order valence-corrected chi connectivity index (χ0v) is 7.73. The first-order valence-corrected chi connectivity index (χ1v) is 4.71. The van der Waals surface area contributed by atoms with Crippen molar-refractivity contribution in [3.8, 4) is 5.75 Å². The molecule has 1 aromatic heterocycles. The van der Waals surface area contributed by atoms with Crippen molar-refractivity contribution in [1.82, 2.24) is 10.3 Å². The average molecular weight is 192 g/mol. The van der Waals surface area contributed by atoms with E-state index in [2.05, 4.69) is 10.3 Å². The van der Waals surface area contributed by atoms with Crippen LogP contribution in [-0.4, -0.2) is 22.0 Å². The molecule has 14 heavy (non-hydrogen) atoms. The van der Waals surface area contributed by atoms with Crippen molar-refractivity contribution in [1.29, 1.82) is 0 Å². The van der Waals surface area contributed by atoms with Gasteiger partial charge in [0.05, 0.1) is 0 Å². The lowest BCUT2D eigenvalue weighted by molar-refractivity contribution is 0.0911. The van der Waals surface area contributed by atoms with Crippen LogP contribution in [0.3, 0.4) is 0 Å². The minimum Gasteiger partial charge on any atom is -0.508 e. The van der Waals surface area contributed by atoms with Gasteiger partial charge in [0.15, 0.2) is 0 Å². The summed E-state index contributed by atoms with van der Waals surface area (Å²) < 4.78 is 0. The van der Waals surface area contributed by atoms with Crippen LogP contribution in [0.2, 0.25) is 0 Å². The summed E-state index contributed by atoms with van der Waals surface area (Å²) in [6, 6.07) is 3.11. The van der Waals surface area contributed by atoms with E-state index in [1.807, 2.05) is 0 Å². The lowest BCUT2D eigenvalue weighted by Crippen LogP contribution is -2.39. The quantitative estimate of drug-likeness (QED) is 0.736. The first-order valence-electron chi connectivity index (χ1n) is 4.71. The highest BCUT2D eigenvalue weighted by molar-refractivity contribution is 5.92. The molecule has 0 aliphatic heterocycles. The Morgan fingerprint density at radius 2 is 2.36 bits per heavy atom. The van der Waals surface area contributed by atoms with Crippen LogP contribution in [0.1, 0.15) is 29.8 Å². The van der Waals surface area contributed by atoms with Crippen LogP contribution in [0.4, 0.5) is 0 Å². The molecular weight excluding hydrogens is 180 g/mol. The number of aromatic hydroxyl groups is 1. The second kappa shape index (κ2) is 3.65. The molecule has 0 bridgehead atoms. The van der Waals surface area contributed by atoms with Crippen LogP contribution >= 0.6 is 0 Å². The Morgan fingerprint density at radius 1 is 1.57 bits per heavy atom. The Kier molecular flexibility index (Phi) is 2.35. The summed E-state index contributed by atoms with van der Waals surface area (Å²) in [7, 11) is 0. The molecule has 0 aromatic carbocycles. The molecule has 4 nitrogen and oxygen atoms in total. The van der Waals surface area contributed by atoms with Gasteiger partial charge in [0, 0.05) is 18.3 Å². The molecule has 0 unspecified atom stereocenters. The number of carbonyl (C=O) groups excluding carboxylic acids is 1. The van der Waals surface area contributed by atoms with Crippen LogP contribution in [0.5, 0.6) is 5.75 Å². The van der Waals surface area contributed by atoms with E-state index in [1.165, 1.54) is 24.8 Å². The lowest BCUT2D eigenvalue weighted by Gasteiger charge is -2.26. The molecular formula is C10H12N2O2. The zero-order valence-electron chi connectivity index (χ0n) is 7.73. The second-order valence-electron chi connectivity index (χ2n) is 3.50. The van der Waals surface area contributed by atoms with Gasteiger partial charge in [0.1, 0.15) is 11.4 Å². The smallest absolute Gasteiger partial charge is 0.270 e. The van der Waals surface area contributed by atoms with Crippen LogP contribution in [0.25, 0.3) is 0 Å². The van der Waals surface area contributed by atoms with E-state index in [-0.39, 0.29) is 17.4 Å². The van der Waals surface area contributed by atoms with Crippen LogP contribution in [-0.2, 0) is 0 Å². The lowest BCUT2D eigenvalue weighted by atomic mass is 9.93. The number of carbonyl (C=O) groups is 1. The third-order valence-electron chi connectivity index (χ3n) is 2.42. The van der Waals surface area contributed by atoms with Gasteiger partial charge in [-0.15, -0.1) is 0 Å². The molecule has 1 aliphatic rings. The van der Waals surface area contributed by atoms with Crippen molar-refractivity contribution < 1.29 is 9.90 Å². The van der Waals surface area contributed by atoms with Crippen LogP contribution in [0, 0.1) is 0 Å². The molecule has 0 atom stereocenters. The van der Waals surface area contributed by atoms with Crippen molar-refractivity contribution in [3.05, 3.63) is 24.0 Å². The van der Waals surface area contributed by atoms with Crippen LogP contribution in [0.15, 0.2) is 18.3 Å². The fourth-order valence-electron chi connectivity index (χ4n) is 1.36. The van der Waals surface area contributed by atoms with E-state index in [0.29, 0.717) is 6.04 Å². The van der Waals surface area contributed by atoms with Gasteiger partial charge in [-0.1, -0.05) is 0 Å². The topological polar surface area (TPSA) is 62.2 Å². The molecule has 1 saturated carbocycles. The number of pyridine rings is 1. The van der Waals surface area contributed by atoms with E-state index in [9.17, 15) is 4.79 Å². The van der Waals surface area contributed by atoms with Gasteiger partial charge in [-0.3, -0.25) is 9.78 Å². The summed E-state index contributed by atoms with van der Waals surface area (Å²) in [6.45, 7) is 0. The van der Waals surface area contributed by atoms with Crippen molar-refractivity contribution in [2.24, 2.45) is 0 Å². The Balaban J connectivity index is 2.02. The number of rotatable bonds is 2. The van der Waals surface area contributed by atoms with Crippen molar-refractivity contribution in [2.75, 3.05) is 0 Å². The molecule has 1 heterocycles. The van der Waals surface area contributed by atoms with Gasteiger partial charge in [-0.05, 0) is 25.3 Å². The van der Waals surface area contributed by atoms with Gasteiger partial charge in [-0.2, -0.15) is 0 Å². The summed E-state index contributed by atoms with van der Waals surface area (Å²) in [4.78, 5) is 15.4. The maximum absolute atomic E-state index is 11.5. The highest BCUT2D eigenvalue weighted by atomic mass is 16.3. The molecule has 74 valence electrons. The normalized spacial score (nSPS) is 16.0. The highest BCUT2D eigenvalue weighted by Gasteiger charge is 2.20. The maximum Gasteiger partial charge on any atom is 0.270 e. The van der Waals surface area contributed by atoms with E-state index >= 15 is 0 Å². The SMILES string of the molecule is O=C(NC1CCC1)c1cc(O)ccn1. The Morgan fingerprint density at radius 3 is 2.93 bits per heavy atom. The zero-order chi connectivity index (χ0) is 9.97. The highest BCUT2D eigenvalue weighted by Crippen LogP contribution is 2.18. The van der Waals surface area contributed by atoms with Crippen molar-refractivity contribution in [3.63, 3.8) is 0 Å². The standard InChI is InChI=1S/C10H12N2O2/c13-8-4-5-11-9(6-8)10(14)12-7-2-1-3-7/h4-7H,1-3H2,(H,11,13)(H,12,14). The molecule has 1 fully saturated rings. The molecule has 2 N–H and O–H groups in total. The number of amides is 1. The Hall–Kier alpha value is -1.58. The third-order valence-corrected chi connectivity index (χ3v) is 2.42. The minimum absolute atomic E-state index is 0.0683. The Labute approximate surface area is 82.0 Å². The number of nitrogens with zero attached hydrogens (tertiary/aromatic N) is 1. The van der Waals surface area contributed by atoms with Crippen molar-refractivity contribution >= 4 is 5.91 Å². The first kappa shape index (κ1) is 8.99. The summed E-state index contributed by atoms with van der Waals surface area (Å²) in [6.07, 6.45) is 4.69. The molecule has 1 amide bonds. The number of hydrogen-bond donors (Lipinski definition) is 2. The summed E-state index contributed by atoms with van der Waals surface area (Å²) in [5.41, 5.74) is 0.275. The van der Waals surface area contributed by atoms with E-state index in [1.54, 1.807) is 0 Å². The average Bonchev–Trinajstić information content (AvgIpc) is 2.11. The van der Waals surface area contributed by atoms with E-state index < -0.39 is 0 Å². The molecule has 1 aliphatic carbocycles. The number of hydrogen-bond acceptors (Lipinski definition) is 3. The maximum atomic E-state index is 11.5. The summed E-state index contributed by atoms with van der Waals surface area (Å²) >= 11 is 0. The van der Waals surface area contributed by atoms with Gasteiger partial charge < -0.3 is 10.4 Å². The predicted molar refractivity (Wildman–Crippen MR) is 51.0 cm³/mol. The summed E-state index contributed by atoms with van der Waals surface area (Å²) in [5.74, 6) is -0.135. The molecule has 2 rings (SSSR count). The van der Waals surface area contributed by atoms with Gasteiger partial charge >= 0.3 is 0 Å². The van der Waals surface area contributed by atoms with Crippen LogP contribution < -0.4 is 5.32 Å². The molecule has 0 radical (unpaired) electrons. The molecule has 0 spiro atoms. The molecule has 4 heteroatoms.